The van der Waals surface area contributed by atoms with Gasteiger partial charge in [-0.15, -0.1) is 0 Å². The van der Waals surface area contributed by atoms with E-state index in [4.69, 9.17) is 21.4 Å². The Morgan fingerprint density at radius 1 is 0.927 bits per heavy atom. The molecule has 5 aromatic rings. The summed E-state index contributed by atoms with van der Waals surface area (Å²) in [6.45, 7) is 8.32. The van der Waals surface area contributed by atoms with E-state index in [0.717, 1.165) is 49.4 Å². The minimum atomic E-state index is -0.695. The number of β-amino-alcohol motifs (C(OH)–C–C–N with tert-alkyl or cyclic N) is 1. The number of aliphatic hydroxyl groups excluding tert-OH is 1. The van der Waals surface area contributed by atoms with Gasteiger partial charge in [0.1, 0.15) is 22.6 Å². The van der Waals surface area contributed by atoms with Gasteiger partial charge in [0, 0.05) is 44.0 Å². The van der Waals surface area contributed by atoms with E-state index in [1.54, 1.807) is 23.6 Å². The van der Waals surface area contributed by atoms with Crippen molar-refractivity contribution < 1.29 is 15.0 Å². The Labute approximate surface area is 237 Å². The van der Waals surface area contributed by atoms with Crippen LogP contribution in [0.2, 0.25) is 0 Å². The Bertz CT molecular complexity index is 1790. The van der Waals surface area contributed by atoms with E-state index in [1.807, 2.05) is 25.1 Å². The molecule has 1 amide bonds. The van der Waals surface area contributed by atoms with Crippen LogP contribution in [0.3, 0.4) is 0 Å². The number of nitrogens with two attached hydrogens (primary N) is 2. The van der Waals surface area contributed by atoms with Crippen LogP contribution in [0.1, 0.15) is 21.5 Å². The van der Waals surface area contributed by atoms with Crippen LogP contribution in [-0.2, 0) is 0 Å². The first-order valence-corrected chi connectivity index (χ1v) is 13.7. The maximum absolute atomic E-state index is 12.5. The van der Waals surface area contributed by atoms with E-state index in [1.165, 1.54) is 5.69 Å². The Morgan fingerprint density at radius 3 is 2.32 bits per heavy atom. The summed E-state index contributed by atoms with van der Waals surface area (Å²) in [5.41, 5.74) is 19.6. The van der Waals surface area contributed by atoms with Gasteiger partial charge < -0.3 is 26.6 Å². The van der Waals surface area contributed by atoms with Crippen molar-refractivity contribution >= 4 is 39.6 Å². The zero-order chi connectivity index (χ0) is 28.8. The van der Waals surface area contributed by atoms with Crippen molar-refractivity contribution in [2.75, 3.05) is 50.0 Å². The molecular weight excluding hydrogens is 518 g/mol. The van der Waals surface area contributed by atoms with E-state index in [9.17, 15) is 15.0 Å². The first-order valence-electron chi connectivity index (χ1n) is 13.7. The minimum absolute atomic E-state index is 0.102. The fourth-order valence-corrected chi connectivity index (χ4v) is 5.77. The number of fused-ring (bicyclic) bond motifs is 2. The number of carbonyl (C=O) groups is 1. The van der Waals surface area contributed by atoms with Crippen LogP contribution in [0.4, 0.5) is 11.5 Å². The van der Waals surface area contributed by atoms with Crippen LogP contribution in [0.15, 0.2) is 54.6 Å². The van der Waals surface area contributed by atoms with Gasteiger partial charge in [-0.3, -0.25) is 14.3 Å². The highest BCUT2D eigenvalue weighted by Gasteiger charge is 2.25. The predicted octanol–water partition coefficient (Wildman–Crippen LogP) is 3.36. The number of nitrogen functional groups attached to an aromatic ring is 1. The van der Waals surface area contributed by atoms with Gasteiger partial charge in [0.15, 0.2) is 5.65 Å². The third-order valence-electron chi connectivity index (χ3n) is 8.02. The lowest BCUT2D eigenvalue weighted by Crippen LogP contribution is -2.47. The Morgan fingerprint density at radius 2 is 1.63 bits per heavy atom. The highest BCUT2D eigenvalue weighted by molar-refractivity contribution is 6.10. The number of aromatic nitrogens is 3. The number of aliphatic hydroxyl groups is 1. The van der Waals surface area contributed by atoms with Gasteiger partial charge >= 0.3 is 0 Å². The number of benzene rings is 3. The molecule has 10 heteroatoms. The van der Waals surface area contributed by atoms with Gasteiger partial charge in [-0.1, -0.05) is 24.3 Å². The highest BCUT2D eigenvalue weighted by Crippen LogP contribution is 2.36. The molecule has 0 atom stereocenters. The van der Waals surface area contributed by atoms with Gasteiger partial charge in [0.2, 0.25) is 0 Å². The third kappa shape index (κ3) is 4.60. The second kappa shape index (κ2) is 10.4. The fourth-order valence-electron chi connectivity index (χ4n) is 5.77. The Hall–Kier alpha value is -4.67. The minimum Gasteiger partial charge on any atom is -0.508 e. The van der Waals surface area contributed by atoms with Crippen LogP contribution in [0, 0.1) is 13.8 Å². The second-order valence-corrected chi connectivity index (χ2v) is 10.5. The van der Waals surface area contributed by atoms with Crippen LogP contribution in [-0.4, -0.2) is 74.9 Å². The van der Waals surface area contributed by atoms with E-state index in [-0.39, 0.29) is 23.7 Å². The second-order valence-electron chi connectivity index (χ2n) is 10.5. The van der Waals surface area contributed by atoms with Crippen LogP contribution in [0.25, 0.3) is 39.0 Å². The molecule has 0 spiro atoms. The number of rotatable bonds is 6. The van der Waals surface area contributed by atoms with Crippen molar-refractivity contribution in [3.63, 3.8) is 0 Å². The molecule has 3 aromatic carbocycles. The van der Waals surface area contributed by atoms with Crippen LogP contribution < -0.4 is 16.4 Å². The monoisotopic (exact) mass is 551 g/mol. The zero-order valence-corrected chi connectivity index (χ0v) is 23.1. The van der Waals surface area contributed by atoms with Gasteiger partial charge in [0.05, 0.1) is 23.3 Å². The molecule has 0 bridgehead atoms. The smallest absolute Gasteiger partial charge is 0.254 e. The van der Waals surface area contributed by atoms with Crippen molar-refractivity contribution in [1.29, 1.82) is 0 Å². The number of piperazine rings is 1. The molecule has 0 aliphatic carbocycles. The van der Waals surface area contributed by atoms with E-state index in [0.29, 0.717) is 33.4 Å². The number of hydrogen-bond acceptors (Lipinski definition) is 8. The normalized spacial score (nSPS) is 14.3. The molecule has 3 heterocycles. The summed E-state index contributed by atoms with van der Waals surface area (Å²) in [5, 5.41) is 19.6. The number of nitrogens with zero attached hydrogens (tertiary/aromatic N) is 5. The largest absolute Gasteiger partial charge is 0.508 e. The first kappa shape index (κ1) is 26.5. The molecule has 2 aromatic heterocycles. The van der Waals surface area contributed by atoms with Gasteiger partial charge in [-0.05, 0) is 60.9 Å². The molecule has 41 heavy (non-hydrogen) atoms. The average Bonchev–Trinajstić information content (AvgIpc) is 3.25. The van der Waals surface area contributed by atoms with Crippen molar-refractivity contribution in [3.05, 3.63) is 71.3 Å². The zero-order valence-electron chi connectivity index (χ0n) is 23.1. The highest BCUT2D eigenvalue weighted by atomic mass is 16.3. The van der Waals surface area contributed by atoms with E-state index < -0.39 is 5.91 Å². The SMILES string of the molecule is Cc1ccc(O)c(C)c1-n1c(N)c(C(N)=O)c2nc3cc(-c4ccc(N5CCN(CCO)CC5)cc4)ccc3nc21. The van der Waals surface area contributed by atoms with Gasteiger partial charge in [-0.25, -0.2) is 9.97 Å². The van der Waals surface area contributed by atoms with Crippen molar-refractivity contribution in [2.45, 2.75) is 13.8 Å². The summed E-state index contributed by atoms with van der Waals surface area (Å²) in [5.74, 6) is -0.451. The maximum atomic E-state index is 12.5. The predicted molar refractivity (Wildman–Crippen MR) is 162 cm³/mol. The lowest BCUT2D eigenvalue weighted by Gasteiger charge is -2.35. The number of phenolic OH excluding ortho intramolecular Hbond substituents is 1. The van der Waals surface area contributed by atoms with Gasteiger partial charge in [-0.2, -0.15) is 0 Å². The van der Waals surface area contributed by atoms with E-state index in [2.05, 4.69) is 34.1 Å². The molecule has 0 unspecified atom stereocenters. The van der Waals surface area contributed by atoms with Gasteiger partial charge in [0.25, 0.3) is 5.91 Å². The molecular formula is C31H33N7O3. The first-order chi connectivity index (χ1) is 19.8. The molecule has 1 aliphatic heterocycles. The quantitative estimate of drug-likeness (QED) is 0.251. The topological polar surface area (TPSA) is 147 Å². The molecule has 1 aliphatic rings. The number of aromatic hydroxyl groups is 1. The number of carbonyl (C=O) groups excluding carboxylic acids is 1. The lowest BCUT2D eigenvalue weighted by atomic mass is 10.0. The summed E-state index contributed by atoms with van der Waals surface area (Å²) in [6, 6.07) is 17.7. The molecule has 6 N–H and O–H groups in total. The molecule has 1 saturated heterocycles. The summed E-state index contributed by atoms with van der Waals surface area (Å²) < 4.78 is 1.66. The molecule has 210 valence electrons. The Balaban J connectivity index is 1.39. The Kier molecular flexibility index (Phi) is 6.72. The average molecular weight is 552 g/mol. The van der Waals surface area contributed by atoms with Crippen molar-refractivity contribution in [1.82, 2.24) is 19.4 Å². The van der Waals surface area contributed by atoms with Crippen LogP contribution in [0.5, 0.6) is 5.75 Å². The summed E-state index contributed by atoms with van der Waals surface area (Å²) in [7, 11) is 0. The van der Waals surface area contributed by atoms with E-state index >= 15 is 0 Å². The maximum Gasteiger partial charge on any atom is 0.254 e. The molecule has 0 radical (unpaired) electrons. The lowest BCUT2D eigenvalue weighted by molar-refractivity contribution is 0.100. The number of amides is 1. The van der Waals surface area contributed by atoms with Crippen LogP contribution >= 0.6 is 0 Å². The molecule has 10 nitrogen and oxygen atoms in total. The number of hydrogen-bond donors (Lipinski definition) is 4. The summed E-state index contributed by atoms with van der Waals surface area (Å²) >= 11 is 0. The standard InChI is InChI=1S/C31H33N7O3/c1-18-3-10-25(40)19(2)28(18)38-29(32)26(30(33)41)27-31(38)35-23-9-6-21(17-24(23)34-27)20-4-7-22(8-5-20)37-13-11-36(12-14-37)15-16-39/h3-10,17,39-40H,11-16,32H2,1-2H3,(H2,33,41). The fraction of sp³-hybridized carbons (Fsp3) is 0.258. The van der Waals surface area contributed by atoms with Crippen molar-refractivity contribution in [2.24, 2.45) is 5.73 Å². The number of primary amides is 1. The third-order valence-corrected chi connectivity index (χ3v) is 8.02. The number of phenols is 1. The molecule has 1 fully saturated rings. The number of anilines is 2. The summed E-state index contributed by atoms with van der Waals surface area (Å²) in [6.07, 6.45) is 0. The molecule has 6 rings (SSSR count). The molecule has 0 saturated carbocycles. The van der Waals surface area contributed by atoms with Crippen molar-refractivity contribution in [3.8, 4) is 22.6 Å². The summed E-state index contributed by atoms with van der Waals surface area (Å²) in [4.78, 5) is 26.9. The number of aryl methyl sites for hydroxylation is 1.